The van der Waals surface area contributed by atoms with E-state index in [4.69, 9.17) is 16.6 Å². The van der Waals surface area contributed by atoms with Crippen LogP contribution in [0.2, 0.25) is 0 Å². The van der Waals surface area contributed by atoms with E-state index in [-0.39, 0.29) is 5.41 Å². The molecule has 120 valence electrons. The van der Waals surface area contributed by atoms with Crippen LogP contribution in [0.25, 0.3) is 0 Å². The van der Waals surface area contributed by atoms with Crippen molar-refractivity contribution in [2.45, 2.75) is 24.8 Å². The molecule has 2 aromatic rings. The molecule has 0 saturated carbocycles. The molecular weight excluding hydrogens is 304 g/mol. The van der Waals surface area contributed by atoms with Crippen LogP contribution < -0.4 is 0 Å². The van der Waals surface area contributed by atoms with Crippen molar-refractivity contribution in [3.8, 4) is 0 Å². The van der Waals surface area contributed by atoms with Crippen LogP contribution in [0.15, 0.2) is 65.7 Å². The highest BCUT2D eigenvalue weighted by molar-refractivity contribution is 6.67. The number of hydrogen-bond donors (Lipinski definition) is 0. The summed E-state index contributed by atoms with van der Waals surface area (Å²) in [6.45, 7) is 2.74. The third-order valence-corrected chi connectivity index (χ3v) is 5.29. The fraction of sp³-hybridized carbons (Fsp3) is 0.350. The van der Waals surface area contributed by atoms with Gasteiger partial charge in [0.1, 0.15) is 5.17 Å². The lowest BCUT2D eigenvalue weighted by Crippen LogP contribution is -2.44. The van der Waals surface area contributed by atoms with Crippen molar-refractivity contribution in [3.63, 3.8) is 0 Å². The van der Waals surface area contributed by atoms with Gasteiger partial charge in [-0.05, 0) is 44.1 Å². The normalized spacial score (nSPS) is 18.8. The van der Waals surface area contributed by atoms with Crippen LogP contribution >= 0.6 is 11.6 Å². The Morgan fingerprint density at radius 2 is 1.57 bits per heavy atom. The van der Waals surface area contributed by atoms with E-state index in [2.05, 4.69) is 54.4 Å². The quantitative estimate of drug-likeness (QED) is 0.756. The predicted molar refractivity (Wildman–Crippen MR) is 98.3 cm³/mol. The molecule has 3 heteroatoms. The second-order valence-electron chi connectivity index (χ2n) is 6.34. The maximum absolute atomic E-state index is 6.78. The standard InChI is InChI=1S/C20H23ClN2/c1-23-14-12-20(13-15-23,18-10-6-3-7-11-18)19(21)22-16-17-8-4-2-5-9-17/h2-11H,12-16H2,1H3. The van der Waals surface area contributed by atoms with Crippen molar-refractivity contribution in [2.75, 3.05) is 20.1 Å². The van der Waals surface area contributed by atoms with E-state index in [9.17, 15) is 0 Å². The van der Waals surface area contributed by atoms with Gasteiger partial charge in [0.25, 0.3) is 0 Å². The van der Waals surface area contributed by atoms with Crippen molar-refractivity contribution in [1.29, 1.82) is 0 Å². The third kappa shape index (κ3) is 3.65. The van der Waals surface area contributed by atoms with E-state index in [0.29, 0.717) is 6.54 Å². The number of rotatable bonds is 4. The van der Waals surface area contributed by atoms with Crippen molar-refractivity contribution < 1.29 is 0 Å². The Morgan fingerprint density at radius 1 is 1.00 bits per heavy atom. The van der Waals surface area contributed by atoms with Gasteiger partial charge < -0.3 is 4.90 Å². The van der Waals surface area contributed by atoms with Crippen LogP contribution in [0.3, 0.4) is 0 Å². The summed E-state index contributed by atoms with van der Waals surface area (Å²) < 4.78 is 0. The molecule has 0 aromatic heterocycles. The molecule has 1 saturated heterocycles. The van der Waals surface area contributed by atoms with Crippen molar-refractivity contribution in [3.05, 3.63) is 71.8 Å². The lowest BCUT2D eigenvalue weighted by atomic mass is 9.73. The Kier molecular flexibility index (Phi) is 5.14. The van der Waals surface area contributed by atoms with Crippen LogP contribution in [0.4, 0.5) is 0 Å². The minimum Gasteiger partial charge on any atom is -0.306 e. The SMILES string of the molecule is CN1CCC(C(Cl)=NCc2ccccc2)(c2ccccc2)CC1. The molecular formula is C20H23ClN2. The third-order valence-electron chi connectivity index (χ3n) is 4.81. The van der Waals surface area contributed by atoms with Crippen LogP contribution in [-0.2, 0) is 12.0 Å². The van der Waals surface area contributed by atoms with Gasteiger partial charge in [-0.1, -0.05) is 72.3 Å². The summed E-state index contributed by atoms with van der Waals surface area (Å²) in [7, 11) is 2.17. The Hall–Kier alpha value is -1.64. The molecule has 2 aromatic carbocycles. The van der Waals surface area contributed by atoms with Crippen molar-refractivity contribution in [1.82, 2.24) is 4.90 Å². The van der Waals surface area contributed by atoms with E-state index in [0.717, 1.165) is 31.1 Å². The number of halogens is 1. The molecule has 3 rings (SSSR count). The molecule has 1 aliphatic heterocycles. The summed E-state index contributed by atoms with van der Waals surface area (Å²) in [4.78, 5) is 7.12. The number of piperidine rings is 1. The molecule has 0 spiro atoms. The molecule has 0 radical (unpaired) electrons. The summed E-state index contributed by atoms with van der Waals surface area (Å²) in [5.74, 6) is 0. The maximum atomic E-state index is 6.78. The highest BCUT2D eigenvalue weighted by atomic mass is 35.5. The first-order chi connectivity index (χ1) is 11.2. The fourth-order valence-corrected chi connectivity index (χ4v) is 3.62. The van der Waals surface area contributed by atoms with Gasteiger partial charge in [0.2, 0.25) is 0 Å². The number of likely N-dealkylation sites (tertiary alicyclic amines) is 1. The first-order valence-electron chi connectivity index (χ1n) is 8.19. The van der Waals surface area contributed by atoms with E-state index in [1.54, 1.807) is 0 Å². The number of hydrogen-bond acceptors (Lipinski definition) is 2. The zero-order valence-corrected chi connectivity index (χ0v) is 14.3. The first kappa shape index (κ1) is 16.2. The summed E-state index contributed by atoms with van der Waals surface area (Å²) in [6.07, 6.45) is 2.04. The Balaban J connectivity index is 1.89. The second-order valence-corrected chi connectivity index (χ2v) is 6.70. The van der Waals surface area contributed by atoms with Crippen molar-refractivity contribution in [2.24, 2.45) is 4.99 Å². The average Bonchev–Trinajstić information content (AvgIpc) is 2.62. The second kappa shape index (κ2) is 7.29. The lowest BCUT2D eigenvalue weighted by Gasteiger charge is -2.40. The first-order valence-corrected chi connectivity index (χ1v) is 8.57. The van der Waals surface area contributed by atoms with Crippen LogP contribution in [0.1, 0.15) is 24.0 Å². The minimum absolute atomic E-state index is 0.135. The molecule has 0 unspecified atom stereocenters. The van der Waals surface area contributed by atoms with Gasteiger partial charge in [-0.25, -0.2) is 0 Å². The van der Waals surface area contributed by atoms with Crippen molar-refractivity contribution >= 4 is 16.8 Å². The number of nitrogens with zero attached hydrogens (tertiary/aromatic N) is 2. The summed E-state index contributed by atoms with van der Waals surface area (Å²) in [5.41, 5.74) is 2.35. The molecule has 0 amide bonds. The van der Waals surface area contributed by atoms with Gasteiger partial charge in [0, 0.05) is 0 Å². The average molecular weight is 327 g/mol. The van der Waals surface area contributed by atoms with Crippen LogP contribution in [-0.4, -0.2) is 30.2 Å². The van der Waals surface area contributed by atoms with Gasteiger partial charge in [-0.3, -0.25) is 4.99 Å². The van der Waals surface area contributed by atoms with E-state index >= 15 is 0 Å². The van der Waals surface area contributed by atoms with Gasteiger partial charge in [0.15, 0.2) is 0 Å². The van der Waals surface area contributed by atoms with E-state index in [1.165, 1.54) is 11.1 Å². The summed E-state index contributed by atoms with van der Waals surface area (Å²) in [5, 5.41) is 0.751. The van der Waals surface area contributed by atoms with E-state index in [1.807, 2.05) is 18.2 Å². The zero-order chi connectivity index (χ0) is 16.1. The summed E-state index contributed by atoms with van der Waals surface area (Å²) in [6, 6.07) is 20.9. The Morgan fingerprint density at radius 3 is 2.17 bits per heavy atom. The highest BCUT2D eigenvalue weighted by Crippen LogP contribution is 2.38. The molecule has 1 heterocycles. The van der Waals surface area contributed by atoms with Crippen LogP contribution in [0.5, 0.6) is 0 Å². The Bertz CT molecular complexity index is 644. The maximum Gasteiger partial charge on any atom is 0.111 e. The van der Waals surface area contributed by atoms with E-state index < -0.39 is 0 Å². The number of benzene rings is 2. The molecule has 0 bridgehead atoms. The lowest BCUT2D eigenvalue weighted by molar-refractivity contribution is 0.229. The molecule has 23 heavy (non-hydrogen) atoms. The van der Waals surface area contributed by atoms with Gasteiger partial charge in [-0.15, -0.1) is 0 Å². The number of aliphatic imine (C=N–C) groups is 1. The largest absolute Gasteiger partial charge is 0.306 e. The fourth-order valence-electron chi connectivity index (χ4n) is 3.27. The molecule has 0 atom stereocenters. The highest BCUT2D eigenvalue weighted by Gasteiger charge is 2.39. The monoisotopic (exact) mass is 326 g/mol. The summed E-state index contributed by atoms with van der Waals surface area (Å²) >= 11 is 6.78. The van der Waals surface area contributed by atoms with Gasteiger partial charge in [-0.2, -0.15) is 0 Å². The van der Waals surface area contributed by atoms with Crippen LogP contribution in [0, 0.1) is 0 Å². The minimum atomic E-state index is -0.135. The molecule has 0 N–H and O–H groups in total. The molecule has 0 aliphatic carbocycles. The topological polar surface area (TPSA) is 15.6 Å². The van der Waals surface area contributed by atoms with Gasteiger partial charge >= 0.3 is 0 Å². The molecule has 1 aliphatic rings. The van der Waals surface area contributed by atoms with Gasteiger partial charge in [0.05, 0.1) is 12.0 Å². The molecule has 1 fully saturated rings. The Labute approximate surface area is 143 Å². The zero-order valence-electron chi connectivity index (χ0n) is 13.6. The molecule has 2 nitrogen and oxygen atoms in total. The smallest absolute Gasteiger partial charge is 0.111 e. The predicted octanol–water partition coefficient (Wildman–Crippen LogP) is 4.49.